The van der Waals surface area contributed by atoms with Crippen molar-refractivity contribution in [3.05, 3.63) is 41.0 Å². The van der Waals surface area contributed by atoms with Crippen molar-refractivity contribution >= 4 is 0 Å². The smallest absolute Gasteiger partial charge is 0.199 e. The fraction of sp³-hybridized carbons (Fsp3) is 0.714. The SMILES string of the molecule is C[C@@H]1Cc2cc(OC3CCCCO3)ccc2C2CCC3(C)C(=CCOCCO)CCC3C21. The van der Waals surface area contributed by atoms with Crippen LogP contribution in [0.4, 0.5) is 0 Å². The van der Waals surface area contributed by atoms with Gasteiger partial charge >= 0.3 is 0 Å². The number of hydrogen-bond acceptors (Lipinski definition) is 4. The molecular formula is C28H40O4. The van der Waals surface area contributed by atoms with Crippen molar-refractivity contribution < 1.29 is 19.3 Å². The Hall–Kier alpha value is -1.36. The minimum absolute atomic E-state index is 0.0731. The van der Waals surface area contributed by atoms with Crippen LogP contribution < -0.4 is 4.74 Å². The van der Waals surface area contributed by atoms with Crippen LogP contribution >= 0.6 is 0 Å². The molecule has 4 nitrogen and oxygen atoms in total. The summed E-state index contributed by atoms with van der Waals surface area (Å²) in [5, 5.41) is 8.97. The second-order valence-electron chi connectivity index (χ2n) is 10.8. The van der Waals surface area contributed by atoms with Crippen molar-refractivity contribution in [2.45, 2.75) is 77.4 Å². The highest BCUT2D eigenvalue weighted by Gasteiger charge is 2.54. The van der Waals surface area contributed by atoms with Crippen LogP contribution in [0.2, 0.25) is 0 Å². The first-order chi connectivity index (χ1) is 15.6. The van der Waals surface area contributed by atoms with Gasteiger partial charge in [0.2, 0.25) is 0 Å². The Kier molecular flexibility index (Phi) is 6.65. The molecule has 3 fully saturated rings. The number of allylic oxidation sites excluding steroid dienone is 1. The van der Waals surface area contributed by atoms with Crippen LogP contribution in [0.1, 0.15) is 75.8 Å². The third-order valence-corrected chi connectivity index (χ3v) is 8.98. The van der Waals surface area contributed by atoms with E-state index in [1.54, 1.807) is 11.1 Å². The van der Waals surface area contributed by atoms with Gasteiger partial charge in [0.15, 0.2) is 6.29 Å². The Balaban J connectivity index is 1.33. The number of aliphatic hydroxyl groups excluding tert-OH is 1. The van der Waals surface area contributed by atoms with Gasteiger partial charge in [-0.1, -0.05) is 31.6 Å². The van der Waals surface area contributed by atoms with Crippen LogP contribution in [0.25, 0.3) is 0 Å². The molecule has 1 saturated heterocycles. The summed E-state index contributed by atoms with van der Waals surface area (Å²) in [6.45, 7) is 6.99. The Bertz CT molecular complexity index is 827. The zero-order valence-corrected chi connectivity index (χ0v) is 19.9. The highest BCUT2D eigenvalue weighted by Crippen LogP contribution is 2.63. The summed E-state index contributed by atoms with van der Waals surface area (Å²) in [6, 6.07) is 6.87. The van der Waals surface area contributed by atoms with E-state index in [4.69, 9.17) is 19.3 Å². The van der Waals surface area contributed by atoms with E-state index in [9.17, 15) is 0 Å². The molecule has 6 atom stereocenters. The lowest BCUT2D eigenvalue weighted by atomic mass is 9.52. The van der Waals surface area contributed by atoms with Crippen molar-refractivity contribution in [1.29, 1.82) is 0 Å². The van der Waals surface area contributed by atoms with Gasteiger partial charge < -0.3 is 19.3 Å². The number of benzene rings is 1. The Morgan fingerprint density at radius 3 is 2.94 bits per heavy atom. The van der Waals surface area contributed by atoms with E-state index < -0.39 is 0 Å². The van der Waals surface area contributed by atoms with Gasteiger partial charge in [0.25, 0.3) is 0 Å². The van der Waals surface area contributed by atoms with E-state index in [1.165, 1.54) is 37.7 Å². The van der Waals surface area contributed by atoms with Gasteiger partial charge in [0.1, 0.15) is 5.75 Å². The normalized spacial score (nSPS) is 37.6. The summed E-state index contributed by atoms with van der Waals surface area (Å²) in [6.07, 6.45) is 11.8. The van der Waals surface area contributed by atoms with Crippen molar-refractivity contribution in [2.75, 3.05) is 26.4 Å². The highest BCUT2D eigenvalue weighted by molar-refractivity contribution is 5.42. The van der Waals surface area contributed by atoms with Gasteiger partial charge in [-0.25, -0.2) is 0 Å². The Morgan fingerprint density at radius 1 is 1.22 bits per heavy atom. The van der Waals surface area contributed by atoms with E-state index in [-0.39, 0.29) is 12.9 Å². The monoisotopic (exact) mass is 440 g/mol. The van der Waals surface area contributed by atoms with Crippen LogP contribution in [0.15, 0.2) is 29.8 Å². The van der Waals surface area contributed by atoms with Crippen molar-refractivity contribution in [2.24, 2.45) is 23.2 Å². The quantitative estimate of drug-likeness (QED) is 0.460. The summed E-state index contributed by atoms with van der Waals surface area (Å²) in [5.74, 6) is 3.88. The second-order valence-corrected chi connectivity index (χ2v) is 10.8. The maximum absolute atomic E-state index is 8.97. The molecule has 5 rings (SSSR count). The van der Waals surface area contributed by atoms with Crippen LogP contribution in [0.5, 0.6) is 5.75 Å². The third-order valence-electron chi connectivity index (χ3n) is 8.98. The van der Waals surface area contributed by atoms with E-state index in [2.05, 4.69) is 38.1 Å². The summed E-state index contributed by atoms with van der Waals surface area (Å²) in [5.41, 5.74) is 5.00. The number of fused-ring (bicyclic) bond motifs is 5. The van der Waals surface area contributed by atoms with Crippen LogP contribution in [-0.4, -0.2) is 37.8 Å². The maximum Gasteiger partial charge on any atom is 0.199 e. The molecule has 1 aliphatic heterocycles. The predicted molar refractivity (Wildman–Crippen MR) is 126 cm³/mol. The predicted octanol–water partition coefficient (Wildman–Crippen LogP) is 5.63. The van der Waals surface area contributed by atoms with Gasteiger partial charge in [0.05, 0.1) is 26.4 Å². The lowest BCUT2D eigenvalue weighted by molar-refractivity contribution is -0.105. The van der Waals surface area contributed by atoms with Crippen LogP contribution in [0, 0.1) is 23.2 Å². The molecule has 1 N–H and O–H groups in total. The average Bonchev–Trinajstić information content (AvgIpc) is 3.13. The molecule has 5 unspecified atom stereocenters. The van der Waals surface area contributed by atoms with Crippen molar-refractivity contribution in [1.82, 2.24) is 0 Å². The molecular weight excluding hydrogens is 400 g/mol. The molecule has 4 aliphatic rings. The summed E-state index contributed by atoms with van der Waals surface area (Å²) >= 11 is 0. The van der Waals surface area contributed by atoms with Gasteiger partial charge in [0, 0.05) is 6.42 Å². The van der Waals surface area contributed by atoms with Crippen LogP contribution in [0.3, 0.4) is 0 Å². The summed E-state index contributed by atoms with van der Waals surface area (Å²) in [7, 11) is 0. The first-order valence-corrected chi connectivity index (χ1v) is 12.9. The van der Waals surface area contributed by atoms with Gasteiger partial charge in [-0.05, 0) is 97.3 Å². The van der Waals surface area contributed by atoms with E-state index in [1.807, 2.05) is 0 Å². The molecule has 1 heterocycles. The third kappa shape index (κ3) is 4.15. The molecule has 2 saturated carbocycles. The van der Waals surface area contributed by atoms with Gasteiger partial charge in [-0.2, -0.15) is 0 Å². The fourth-order valence-corrected chi connectivity index (χ4v) is 7.48. The Morgan fingerprint density at radius 2 is 2.12 bits per heavy atom. The lowest BCUT2D eigenvalue weighted by Crippen LogP contribution is -2.43. The number of aliphatic hydroxyl groups is 1. The minimum Gasteiger partial charge on any atom is -0.465 e. The molecule has 3 aliphatic carbocycles. The lowest BCUT2D eigenvalue weighted by Gasteiger charge is -2.52. The van der Waals surface area contributed by atoms with Gasteiger partial charge in [-0.15, -0.1) is 0 Å². The number of hydrogen-bond donors (Lipinski definition) is 1. The minimum atomic E-state index is -0.0731. The van der Waals surface area contributed by atoms with E-state index >= 15 is 0 Å². The zero-order valence-electron chi connectivity index (χ0n) is 19.9. The zero-order chi connectivity index (χ0) is 22.1. The first kappa shape index (κ1) is 22.4. The summed E-state index contributed by atoms with van der Waals surface area (Å²) in [4.78, 5) is 0. The Labute approximate surface area is 193 Å². The van der Waals surface area contributed by atoms with Crippen LogP contribution in [-0.2, 0) is 15.9 Å². The average molecular weight is 441 g/mol. The van der Waals surface area contributed by atoms with Gasteiger partial charge in [-0.3, -0.25) is 0 Å². The topological polar surface area (TPSA) is 47.9 Å². The summed E-state index contributed by atoms with van der Waals surface area (Å²) < 4.78 is 17.5. The molecule has 0 radical (unpaired) electrons. The first-order valence-electron chi connectivity index (χ1n) is 12.9. The molecule has 0 amide bonds. The number of ether oxygens (including phenoxy) is 3. The highest BCUT2D eigenvalue weighted by atomic mass is 16.7. The largest absolute Gasteiger partial charge is 0.465 e. The number of rotatable bonds is 6. The molecule has 176 valence electrons. The molecule has 4 heteroatoms. The molecule has 0 spiro atoms. The maximum atomic E-state index is 8.97. The standard InChI is InChI=1S/C28H40O4/c1-19-17-20-18-22(32-26-5-3-4-14-31-26)7-8-23(20)24-10-12-28(2)21(11-15-30-16-13-29)6-9-25(28)27(19)24/h7-8,11,18-19,24-27,29H,3-6,9-10,12-17H2,1-2H3/t19-,24?,25?,26?,27?,28?/m1/s1. The molecule has 1 aromatic rings. The van der Waals surface area contributed by atoms with E-state index in [0.29, 0.717) is 30.5 Å². The van der Waals surface area contributed by atoms with Crippen molar-refractivity contribution in [3.8, 4) is 5.75 Å². The molecule has 32 heavy (non-hydrogen) atoms. The fourth-order valence-electron chi connectivity index (χ4n) is 7.48. The van der Waals surface area contributed by atoms with Crippen molar-refractivity contribution in [3.63, 3.8) is 0 Å². The molecule has 0 bridgehead atoms. The second kappa shape index (κ2) is 9.48. The molecule has 0 aromatic heterocycles. The van der Waals surface area contributed by atoms with E-state index in [0.717, 1.165) is 43.5 Å². The molecule has 1 aromatic carbocycles.